The minimum absolute atomic E-state index is 0.294. The van der Waals surface area contributed by atoms with Crippen molar-refractivity contribution >= 4 is 17.6 Å². The molecule has 130 valence electrons. The molecule has 1 unspecified atom stereocenters. The van der Waals surface area contributed by atoms with Crippen LogP contribution in [0.3, 0.4) is 0 Å². The maximum atomic E-state index is 11.8. The van der Waals surface area contributed by atoms with Crippen LogP contribution in [-0.4, -0.2) is 33.9 Å². The lowest BCUT2D eigenvalue weighted by molar-refractivity contribution is -0.175. The van der Waals surface area contributed by atoms with Gasteiger partial charge in [0.25, 0.3) is 0 Å². The average molecular weight is 342 g/mol. The van der Waals surface area contributed by atoms with Crippen LogP contribution in [0.4, 0.5) is 0 Å². The second-order valence-corrected chi connectivity index (χ2v) is 8.52. The summed E-state index contributed by atoms with van der Waals surface area (Å²) in [5.74, 6) is -0.741. The van der Waals surface area contributed by atoms with Crippen molar-refractivity contribution in [1.82, 2.24) is 5.16 Å². The van der Waals surface area contributed by atoms with Gasteiger partial charge in [-0.05, 0) is 40.0 Å². The summed E-state index contributed by atoms with van der Waals surface area (Å²) in [6, 6.07) is 1.79. The van der Waals surface area contributed by atoms with Crippen molar-refractivity contribution in [3.8, 4) is 0 Å². The number of hydrogen-bond acceptors (Lipinski definition) is 6. The fourth-order valence-electron chi connectivity index (χ4n) is 2.33. The highest BCUT2D eigenvalue weighted by Gasteiger charge is 2.40. The van der Waals surface area contributed by atoms with E-state index >= 15 is 0 Å². The van der Waals surface area contributed by atoms with Crippen LogP contribution in [0, 0.1) is 0 Å². The van der Waals surface area contributed by atoms with Gasteiger partial charge in [-0.25, -0.2) is 0 Å². The zero-order valence-corrected chi connectivity index (χ0v) is 14.9. The summed E-state index contributed by atoms with van der Waals surface area (Å²) in [5, 5.41) is 3.96. The summed E-state index contributed by atoms with van der Waals surface area (Å²) in [6.45, 7) is 6.93. The van der Waals surface area contributed by atoms with Gasteiger partial charge in [0.15, 0.2) is 0 Å². The third-order valence-electron chi connectivity index (χ3n) is 3.62. The summed E-state index contributed by atoms with van der Waals surface area (Å²) in [4.78, 5) is 0. The number of ether oxygens (including phenoxy) is 2. The van der Waals surface area contributed by atoms with E-state index < -0.39 is 17.1 Å². The minimum atomic E-state index is -1.16. The maximum absolute atomic E-state index is 11.8. The van der Waals surface area contributed by atoms with Gasteiger partial charge in [0.1, 0.15) is 28.1 Å². The van der Waals surface area contributed by atoms with Gasteiger partial charge >= 0.3 is 0 Å². The molecule has 7 heteroatoms. The molecule has 1 saturated heterocycles. The Kier molecular flexibility index (Phi) is 6.64. The van der Waals surface area contributed by atoms with Crippen molar-refractivity contribution in [3.63, 3.8) is 0 Å². The molecule has 0 amide bonds. The van der Waals surface area contributed by atoms with E-state index in [0.717, 1.165) is 32.1 Å². The predicted molar refractivity (Wildman–Crippen MR) is 89.6 cm³/mol. The second-order valence-electron chi connectivity index (χ2n) is 6.58. The molecule has 0 bridgehead atoms. The van der Waals surface area contributed by atoms with E-state index in [-0.39, 0.29) is 4.75 Å². The van der Waals surface area contributed by atoms with Crippen molar-refractivity contribution in [2.24, 2.45) is 4.40 Å². The fraction of sp³-hybridized carbons (Fsp3) is 0.750. The molecule has 2 heterocycles. The Labute approximate surface area is 140 Å². The zero-order chi connectivity index (χ0) is 16.8. The molecule has 1 atom stereocenters. The molecule has 6 nitrogen and oxygen atoms in total. The lowest BCUT2D eigenvalue weighted by atomic mass is 10.0. The summed E-state index contributed by atoms with van der Waals surface area (Å²) >= 11 is -1.16. The third-order valence-corrected chi connectivity index (χ3v) is 5.00. The van der Waals surface area contributed by atoms with Crippen LogP contribution in [0.25, 0.3) is 0 Å². The first-order valence-corrected chi connectivity index (χ1v) is 9.18. The van der Waals surface area contributed by atoms with E-state index in [2.05, 4.69) is 9.55 Å². The van der Waals surface area contributed by atoms with E-state index in [1.54, 1.807) is 12.3 Å². The predicted octanol–water partition coefficient (Wildman–Crippen LogP) is 3.36. The largest absolute Gasteiger partial charge is 0.591 e. The van der Waals surface area contributed by atoms with E-state index in [0.29, 0.717) is 18.9 Å². The topological polar surface area (TPSA) is 79.9 Å². The standard InChI is InChI=1S/C16H26N2O4S/c1-15(2,3)23(19)17-10-7-5-4-6-9-16(20-12-13-21-16)14-8-11-22-18-14/h8,10-11H,4-7,9,12-13H2,1-3H3. The SMILES string of the molecule is CC(C)(C)[S+]([O-])N=CCCCCCC1(c2ccon2)OCCO1. The van der Waals surface area contributed by atoms with Crippen molar-refractivity contribution < 1.29 is 18.5 Å². The maximum Gasteiger partial charge on any atom is 0.215 e. The van der Waals surface area contributed by atoms with Gasteiger partial charge in [-0.3, -0.25) is 0 Å². The van der Waals surface area contributed by atoms with Gasteiger partial charge < -0.3 is 18.5 Å². The lowest BCUT2D eigenvalue weighted by Crippen LogP contribution is -2.27. The molecular weight excluding hydrogens is 316 g/mol. The van der Waals surface area contributed by atoms with E-state index in [1.807, 2.05) is 20.8 Å². The van der Waals surface area contributed by atoms with E-state index in [1.165, 1.54) is 6.26 Å². The Morgan fingerprint density at radius 3 is 2.65 bits per heavy atom. The van der Waals surface area contributed by atoms with Crippen LogP contribution < -0.4 is 0 Å². The smallest absolute Gasteiger partial charge is 0.215 e. The number of rotatable bonds is 8. The summed E-state index contributed by atoms with van der Waals surface area (Å²) in [6.07, 6.45) is 7.89. The zero-order valence-electron chi connectivity index (χ0n) is 14.1. The Bertz CT molecular complexity index is 479. The van der Waals surface area contributed by atoms with Gasteiger partial charge in [0.05, 0.1) is 19.4 Å². The molecule has 23 heavy (non-hydrogen) atoms. The minimum Gasteiger partial charge on any atom is -0.591 e. The summed E-state index contributed by atoms with van der Waals surface area (Å²) in [5.41, 5.74) is 0.706. The molecular formula is C16H26N2O4S. The molecule has 0 N–H and O–H groups in total. The summed E-state index contributed by atoms with van der Waals surface area (Å²) in [7, 11) is 0. The van der Waals surface area contributed by atoms with Crippen LogP contribution in [0.1, 0.15) is 58.6 Å². The average Bonchev–Trinajstić information content (AvgIpc) is 3.17. The molecule has 0 aromatic carbocycles. The second kappa shape index (κ2) is 8.28. The number of unbranched alkanes of at least 4 members (excludes halogenated alkanes) is 3. The Balaban J connectivity index is 1.68. The Hall–Kier alpha value is -0.890. The molecule has 0 aliphatic carbocycles. The van der Waals surface area contributed by atoms with Crippen molar-refractivity contribution in [2.45, 2.75) is 63.4 Å². The highest BCUT2D eigenvalue weighted by molar-refractivity contribution is 7.91. The molecule has 2 rings (SSSR count). The number of nitrogens with zero attached hydrogens (tertiary/aromatic N) is 2. The van der Waals surface area contributed by atoms with Crippen molar-refractivity contribution in [3.05, 3.63) is 18.0 Å². The van der Waals surface area contributed by atoms with Gasteiger partial charge in [-0.2, -0.15) is 0 Å². The molecule has 1 aliphatic heterocycles. The van der Waals surface area contributed by atoms with Gasteiger partial charge in [-0.1, -0.05) is 16.0 Å². The molecule has 1 aromatic heterocycles. The van der Waals surface area contributed by atoms with Crippen molar-refractivity contribution in [1.29, 1.82) is 0 Å². The van der Waals surface area contributed by atoms with Crippen LogP contribution in [0.2, 0.25) is 0 Å². The molecule has 1 fully saturated rings. The monoisotopic (exact) mass is 342 g/mol. The first kappa shape index (κ1) is 18.4. The van der Waals surface area contributed by atoms with Crippen LogP contribution in [0.15, 0.2) is 21.3 Å². The molecule has 0 saturated carbocycles. The first-order valence-electron chi connectivity index (χ1n) is 8.07. The Morgan fingerprint density at radius 1 is 1.30 bits per heavy atom. The molecule has 1 aromatic rings. The summed E-state index contributed by atoms with van der Waals surface area (Å²) < 4.78 is 32.0. The van der Waals surface area contributed by atoms with Crippen LogP contribution >= 0.6 is 0 Å². The normalized spacial score (nSPS) is 19.5. The quantitative estimate of drug-likeness (QED) is 0.411. The highest BCUT2D eigenvalue weighted by atomic mass is 32.2. The van der Waals surface area contributed by atoms with Gasteiger partial charge in [-0.15, -0.1) is 0 Å². The van der Waals surface area contributed by atoms with Crippen molar-refractivity contribution in [2.75, 3.05) is 13.2 Å². The molecule has 1 aliphatic rings. The molecule has 0 radical (unpaired) electrons. The lowest BCUT2D eigenvalue weighted by Gasteiger charge is -2.24. The van der Waals surface area contributed by atoms with Gasteiger partial charge in [0, 0.05) is 12.5 Å². The first-order chi connectivity index (χ1) is 10.9. The third kappa shape index (κ3) is 5.31. The van der Waals surface area contributed by atoms with Crippen LogP contribution in [0.5, 0.6) is 0 Å². The van der Waals surface area contributed by atoms with Gasteiger partial charge in [0.2, 0.25) is 5.79 Å². The molecule has 0 spiro atoms. The van der Waals surface area contributed by atoms with E-state index in [4.69, 9.17) is 14.0 Å². The highest BCUT2D eigenvalue weighted by Crippen LogP contribution is 2.35. The van der Waals surface area contributed by atoms with E-state index in [9.17, 15) is 4.55 Å². The van der Waals surface area contributed by atoms with Crippen LogP contribution in [-0.2, 0) is 26.6 Å². The Morgan fingerprint density at radius 2 is 2.04 bits per heavy atom. The number of aromatic nitrogens is 1. The number of hydrogen-bond donors (Lipinski definition) is 0. The fourth-order valence-corrected chi connectivity index (χ4v) is 2.89.